The fourth-order valence-corrected chi connectivity index (χ4v) is 5.96. The van der Waals surface area contributed by atoms with E-state index in [4.69, 9.17) is 24.3 Å². The van der Waals surface area contributed by atoms with Crippen LogP contribution in [0.15, 0.2) is 41.8 Å². The molecule has 2 aliphatic heterocycles. The number of nitrogen functional groups attached to an aromatic ring is 1. The van der Waals surface area contributed by atoms with Crippen molar-refractivity contribution in [1.29, 1.82) is 0 Å². The van der Waals surface area contributed by atoms with Crippen LogP contribution in [0.3, 0.4) is 0 Å². The standard InChI is InChI=1S/C21H24N5O7PS/c1-2-6-14(27)32-17-16-13(9-30-34(28,29)33-16)31-20(17)26-19-15(18(22)23-11-24-19)25-21(26)35-10-12-7-4-3-5-8-12/h3-5,7-8,11,13,16-17,20H,2,6,9-10H2,1H3,(H,28,29)(H2,22,23,24)/t13-,16-,17-,20-/m1/s1. The number of rotatable bonds is 7. The van der Waals surface area contributed by atoms with Crippen LogP contribution in [0.2, 0.25) is 0 Å². The molecule has 3 N–H and O–H groups in total. The van der Waals surface area contributed by atoms with Crippen LogP contribution >= 0.6 is 19.6 Å². The molecule has 2 fully saturated rings. The van der Waals surface area contributed by atoms with E-state index in [0.717, 1.165) is 5.56 Å². The topological polar surface area (TPSA) is 161 Å². The van der Waals surface area contributed by atoms with Crippen molar-refractivity contribution in [2.75, 3.05) is 12.3 Å². The Kier molecular flexibility index (Phi) is 6.80. The summed E-state index contributed by atoms with van der Waals surface area (Å²) in [5.41, 5.74) is 7.89. The summed E-state index contributed by atoms with van der Waals surface area (Å²) in [7, 11) is -4.32. The Morgan fingerprint density at radius 3 is 2.91 bits per heavy atom. The van der Waals surface area contributed by atoms with Gasteiger partial charge in [0.1, 0.15) is 18.5 Å². The molecule has 2 aromatic heterocycles. The first kappa shape index (κ1) is 24.2. The number of aromatic nitrogens is 4. The molecule has 186 valence electrons. The third-order valence-corrected chi connectivity index (χ3v) is 7.61. The minimum Gasteiger partial charge on any atom is -0.455 e. The second-order valence-electron chi connectivity index (χ2n) is 8.07. The van der Waals surface area contributed by atoms with Gasteiger partial charge in [0.2, 0.25) is 0 Å². The number of anilines is 1. The number of carbonyl (C=O) groups excluding carboxylic acids is 1. The van der Waals surface area contributed by atoms with Crippen LogP contribution in [0.5, 0.6) is 0 Å². The summed E-state index contributed by atoms with van der Waals surface area (Å²) in [6.07, 6.45) is -1.72. The number of nitrogens with zero attached hydrogens (tertiary/aromatic N) is 4. The Hall–Kier alpha value is -2.54. The molecule has 35 heavy (non-hydrogen) atoms. The van der Waals surface area contributed by atoms with Crippen LogP contribution in [0.4, 0.5) is 5.82 Å². The highest BCUT2D eigenvalue weighted by molar-refractivity contribution is 7.98. The van der Waals surface area contributed by atoms with Gasteiger partial charge in [-0.15, -0.1) is 0 Å². The van der Waals surface area contributed by atoms with Crippen molar-refractivity contribution in [1.82, 2.24) is 19.5 Å². The largest absolute Gasteiger partial charge is 0.472 e. The zero-order chi connectivity index (χ0) is 24.6. The lowest BCUT2D eigenvalue weighted by molar-refractivity contribution is -0.158. The van der Waals surface area contributed by atoms with Crippen LogP contribution in [-0.4, -0.2) is 55.3 Å². The second-order valence-corrected chi connectivity index (χ2v) is 10.4. The van der Waals surface area contributed by atoms with Crippen molar-refractivity contribution in [3.8, 4) is 0 Å². The zero-order valence-corrected chi connectivity index (χ0v) is 20.4. The van der Waals surface area contributed by atoms with Gasteiger partial charge in [-0.05, 0) is 12.0 Å². The summed E-state index contributed by atoms with van der Waals surface area (Å²) in [5.74, 6) is 0.291. The first-order valence-corrected chi connectivity index (χ1v) is 13.5. The van der Waals surface area contributed by atoms with Crippen LogP contribution in [0, 0.1) is 0 Å². The molecule has 0 spiro atoms. The number of nitrogens with two attached hydrogens (primary N) is 1. The number of thioether (sulfide) groups is 1. The lowest BCUT2D eigenvalue weighted by atomic mass is 10.1. The van der Waals surface area contributed by atoms with Crippen molar-refractivity contribution in [3.63, 3.8) is 0 Å². The quantitative estimate of drug-likeness (QED) is 0.266. The lowest BCUT2D eigenvalue weighted by Crippen LogP contribution is -2.41. The summed E-state index contributed by atoms with van der Waals surface area (Å²) in [6, 6.07) is 9.81. The van der Waals surface area contributed by atoms with Crippen molar-refractivity contribution in [2.24, 2.45) is 0 Å². The van der Waals surface area contributed by atoms with Gasteiger partial charge in [0.25, 0.3) is 0 Å². The molecule has 4 heterocycles. The van der Waals surface area contributed by atoms with E-state index >= 15 is 0 Å². The molecular weight excluding hydrogens is 497 g/mol. The van der Waals surface area contributed by atoms with Gasteiger partial charge < -0.3 is 20.1 Å². The Morgan fingerprint density at radius 1 is 1.34 bits per heavy atom. The van der Waals surface area contributed by atoms with E-state index in [1.54, 1.807) is 4.57 Å². The summed E-state index contributed by atoms with van der Waals surface area (Å²) in [5, 5.41) is 0.504. The molecular formula is C21H24N5O7PS. The molecule has 3 aromatic rings. The highest BCUT2D eigenvalue weighted by Crippen LogP contribution is 2.53. The molecule has 0 radical (unpaired) electrons. The maximum atomic E-state index is 12.5. The van der Waals surface area contributed by atoms with E-state index < -0.39 is 38.3 Å². The predicted octanol–water partition coefficient (Wildman–Crippen LogP) is 2.83. The number of imidazole rings is 1. The summed E-state index contributed by atoms with van der Waals surface area (Å²) in [6.45, 7) is 1.65. The first-order chi connectivity index (χ1) is 16.9. The molecule has 2 saturated heterocycles. The number of hydrogen-bond acceptors (Lipinski definition) is 11. The average molecular weight is 521 g/mol. The van der Waals surface area contributed by atoms with E-state index in [-0.39, 0.29) is 18.8 Å². The van der Waals surface area contributed by atoms with E-state index in [2.05, 4.69) is 15.0 Å². The molecule has 0 aliphatic carbocycles. The van der Waals surface area contributed by atoms with Crippen molar-refractivity contribution in [2.45, 2.75) is 55.2 Å². The van der Waals surface area contributed by atoms with Crippen LogP contribution < -0.4 is 5.73 Å². The molecule has 12 nitrogen and oxygen atoms in total. The smallest absolute Gasteiger partial charge is 0.455 e. The molecule has 0 amide bonds. The van der Waals surface area contributed by atoms with Crippen LogP contribution in [0.25, 0.3) is 11.2 Å². The minimum atomic E-state index is -4.32. The number of esters is 1. The monoisotopic (exact) mass is 521 g/mol. The molecule has 1 aromatic carbocycles. The number of hydrogen-bond donors (Lipinski definition) is 2. The minimum absolute atomic E-state index is 0.170. The zero-order valence-electron chi connectivity index (χ0n) is 18.7. The third kappa shape index (κ3) is 4.92. The molecule has 0 bridgehead atoms. The number of fused-ring (bicyclic) bond motifs is 2. The lowest BCUT2D eigenvalue weighted by Gasteiger charge is -2.29. The summed E-state index contributed by atoms with van der Waals surface area (Å²) < 4.78 is 36.0. The van der Waals surface area contributed by atoms with Gasteiger partial charge in [-0.1, -0.05) is 49.0 Å². The highest BCUT2D eigenvalue weighted by Gasteiger charge is 2.55. The van der Waals surface area contributed by atoms with Crippen molar-refractivity contribution in [3.05, 3.63) is 42.2 Å². The normalized spacial score (nSPS) is 28.2. The Labute approximate surface area is 204 Å². The summed E-state index contributed by atoms with van der Waals surface area (Å²) in [4.78, 5) is 35.4. The van der Waals surface area contributed by atoms with Crippen LogP contribution in [0.1, 0.15) is 31.6 Å². The molecule has 1 unspecified atom stereocenters. The third-order valence-electron chi connectivity index (χ3n) is 5.60. The van der Waals surface area contributed by atoms with E-state index in [9.17, 15) is 14.3 Å². The molecule has 5 rings (SSSR count). The van der Waals surface area contributed by atoms with Gasteiger partial charge in [-0.25, -0.2) is 19.5 Å². The SMILES string of the molecule is CCCC(=O)O[C@@H]1[C@@H]2OP(=O)(O)OC[C@H]2O[C@H]1n1c(SCc2ccccc2)nc2c(N)ncnc21. The Bertz CT molecular complexity index is 1280. The molecule has 2 aliphatic rings. The van der Waals surface area contributed by atoms with E-state index in [1.807, 2.05) is 37.3 Å². The fourth-order valence-electron chi connectivity index (χ4n) is 4.03. The average Bonchev–Trinajstić information content (AvgIpc) is 3.36. The summed E-state index contributed by atoms with van der Waals surface area (Å²) >= 11 is 1.42. The Morgan fingerprint density at radius 2 is 2.14 bits per heavy atom. The Balaban J connectivity index is 1.56. The number of benzene rings is 1. The van der Waals surface area contributed by atoms with Gasteiger partial charge in [0.05, 0.1) is 6.61 Å². The van der Waals surface area contributed by atoms with Gasteiger partial charge in [0, 0.05) is 12.2 Å². The van der Waals surface area contributed by atoms with Gasteiger partial charge >= 0.3 is 13.8 Å². The predicted molar refractivity (Wildman–Crippen MR) is 125 cm³/mol. The number of phosphoric ester groups is 1. The number of ether oxygens (including phenoxy) is 2. The van der Waals surface area contributed by atoms with E-state index in [0.29, 0.717) is 28.5 Å². The number of phosphoric acid groups is 1. The molecule has 5 atom stereocenters. The second kappa shape index (κ2) is 9.84. The highest BCUT2D eigenvalue weighted by atomic mass is 32.2. The maximum Gasteiger partial charge on any atom is 0.472 e. The van der Waals surface area contributed by atoms with Crippen LogP contribution in [-0.2, 0) is 33.6 Å². The maximum absolute atomic E-state index is 12.5. The van der Waals surface area contributed by atoms with Gasteiger partial charge in [-0.3, -0.25) is 18.4 Å². The van der Waals surface area contributed by atoms with Gasteiger partial charge in [0.15, 0.2) is 34.5 Å². The van der Waals surface area contributed by atoms with Crippen molar-refractivity contribution >= 4 is 42.5 Å². The van der Waals surface area contributed by atoms with Gasteiger partial charge in [-0.2, -0.15) is 0 Å². The number of carbonyl (C=O) groups is 1. The van der Waals surface area contributed by atoms with Crippen molar-refractivity contribution < 1.29 is 32.8 Å². The van der Waals surface area contributed by atoms with E-state index in [1.165, 1.54) is 18.1 Å². The molecule has 0 saturated carbocycles. The fraction of sp³-hybridized carbons (Fsp3) is 0.429. The first-order valence-electron chi connectivity index (χ1n) is 11.0. The molecule has 14 heteroatoms.